The Bertz CT molecular complexity index is 395. The van der Waals surface area contributed by atoms with Crippen LogP contribution in [-0.4, -0.2) is 76.1 Å². The lowest BCUT2D eigenvalue weighted by molar-refractivity contribution is -0.137. The van der Waals surface area contributed by atoms with Gasteiger partial charge in [-0.1, -0.05) is 32.6 Å². The van der Waals surface area contributed by atoms with Crippen LogP contribution >= 0.6 is 0 Å². The second kappa shape index (κ2) is 15.9. The molecule has 0 unspecified atom stereocenters. The summed E-state index contributed by atoms with van der Waals surface area (Å²) in [4.78, 5) is 23.8. The number of ether oxygens (including phenoxy) is 4. The standard InChI is InChI=1S/C19H33NO6/c1-2-3-4-5-6-10-23-12-14-25-16-17-26-15-13-24-11-9-20-18(21)7-8-19(20)22/h7-8H,2-6,9-17H2,1H3. The summed E-state index contributed by atoms with van der Waals surface area (Å²) < 4.78 is 21.6. The molecule has 0 aromatic carbocycles. The zero-order chi connectivity index (χ0) is 18.9. The van der Waals surface area contributed by atoms with Crippen LogP contribution in [0, 0.1) is 0 Å². The van der Waals surface area contributed by atoms with Crippen LogP contribution in [0.4, 0.5) is 0 Å². The fraction of sp³-hybridized carbons (Fsp3) is 0.789. The van der Waals surface area contributed by atoms with E-state index in [4.69, 9.17) is 18.9 Å². The van der Waals surface area contributed by atoms with Crippen LogP contribution in [0.15, 0.2) is 12.2 Å². The van der Waals surface area contributed by atoms with E-state index in [-0.39, 0.29) is 18.4 Å². The maximum Gasteiger partial charge on any atom is 0.253 e. The smallest absolute Gasteiger partial charge is 0.253 e. The molecule has 0 aromatic heterocycles. The molecule has 7 heteroatoms. The quantitative estimate of drug-likeness (QED) is 0.271. The molecule has 0 aromatic rings. The average Bonchev–Trinajstić information content (AvgIpc) is 2.96. The van der Waals surface area contributed by atoms with Gasteiger partial charge in [-0.25, -0.2) is 0 Å². The van der Waals surface area contributed by atoms with E-state index >= 15 is 0 Å². The second-order valence-corrected chi connectivity index (χ2v) is 6.03. The van der Waals surface area contributed by atoms with E-state index < -0.39 is 0 Å². The number of hydrogen-bond acceptors (Lipinski definition) is 6. The lowest BCUT2D eigenvalue weighted by atomic mass is 10.2. The third-order valence-electron chi connectivity index (χ3n) is 3.87. The lowest BCUT2D eigenvalue weighted by Crippen LogP contribution is -2.33. The highest BCUT2D eigenvalue weighted by Crippen LogP contribution is 2.03. The molecule has 1 rings (SSSR count). The zero-order valence-electron chi connectivity index (χ0n) is 16.0. The molecule has 0 radical (unpaired) electrons. The second-order valence-electron chi connectivity index (χ2n) is 6.03. The first-order valence-electron chi connectivity index (χ1n) is 9.60. The normalized spacial score (nSPS) is 14.0. The molecule has 1 heterocycles. The average molecular weight is 371 g/mol. The molecular formula is C19H33NO6. The minimum absolute atomic E-state index is 0.270. The van der Waals surface area contributed by atoms with E-state index in [9.17, 15) is 9.59 Å². The van der Waals surface area contributed by atoms with Gasteiger partial charge in [0.2, 0.25) is 0 Å². The fourth-order valence-corrected chi connectivity index (χ4v) is 2.38. The summed E-state index contributed by atoms with van der Waals surface area (Å²) in [5, 5.41) is 0. The number of nitrogens with zero attached hydrogens (tertiary/aromatic N) is 1. The number of hydrogen-bond donors (Lipinski definition) is 0. The van der Waals surface area contributed by atoms with Crippen molar-refractivity contribution >= 4 is 11.8 Å². The topological polar surface area (TPSA) is 74.3 Å². The highest BCUT2D eigenvalue weighted by atomic mass is 16.6. The Balaban J connectivity index is 1.72. The van der Waals surface area contributed by atoms with Crippen molar-refractivity contribution < 1.29 is 28.5 Å². The van der Waals surface area contributed by atoms with Gasteiger partial charge in [0.25, 0.3) is 11.8 Å². The highest BCUT2D eigenvalue weighted by molar-refractivity contribution is 6.12. The molecule has 0 saturated carbocycles. The van der Waals surface area contributed by atoms with Crippen molar-refractivity contribution in [2.45, 2.75) is 39.0 Å². The van der Waals surface area contributed by atoms with Crippen LogP contribution < -0.4 is 0 Å². The van der Waals surface area contributed by atoms with Crippen LogP contribution in [-0.2, 0) is 28.5 Å². The third kappa shape index (κ3) is 11.4. The summed E-state index contributed by atoms with van der Waals surface area (Å²) in [5.41, 5.74) is 0. The minimum atomic E-state index is -0.285. The molecule has 26 heavy (non-hydrogen) atoms. The van der Waals surface area contributed by atoms with Crippen LogP contribution in [0.5, 0.6) is 0 Å². The summed E-state index contributed by atoms with van der Waals surface area (Å²) in [6, 6.07) is 0. The lowest BCUT2D eigenvalue weighted by Gasteiger charge is -2.13. The van der Waals surface area contributed by atoms with Crippen molar-refractivity contribution in [1.82, 2.24) is 4.90 Å². The number of unbranched alkanes of at least 4 members (excludes halogenated alkanes) is 4. The van der Waals surface area contributed by atoms with Gasteiger partial charge in [0.05, 0.1) is 52.8 Å². The van der Waals surface area contributed by atoms with E-state index in [1.54, 1.807) is 0 Å². The van der Waals surface area contributed by atoms with Crippen molar-refractivity contribution in [3.05, 3.63) is 12.2 Å². The van der Waals surface area contributed by atoms with Crippen molar-refractivity contribution in [2.75, 3.05) is 59.4 Å². The Morgan fingerprint density at radius 1 is 0.654 bits per heavy atom. The Kier molecular flexibility index (Phi) is 13.9. The van der Waals surface area contributed by atoms with Crippen molar-refractivity contribution in [1.29, 1.82) is 0 Å². The Morgan fingerprint density at radius 2 is 1.12 bits per heavy atom. The number of amides is 2. The van der Waals surface area contributed by atoms with E-state index in [2.05, 4.69) is 6.92 Å². The summed E-state index contributed by atoms with van der Waals surface area (Å²) in [6.07, 6.45) is 8.77. The zero-order valence-corrected chi connectivity index (χ0v) is 16.0. The number of imide groups is 1. The van der Waals surface area contributed by atoms with Gasteiger partial charge < -0.3 is 18.9 Å². The van der Waals surface area contributed by atoms with Gasteiger partial charge in [-0.15, -0.1) is 0 Å². The molecule has 0 N–H and O–H groups in total. The predicted octanol–water partition coefficient (Wildman–Crippen LogP) is 1.95. The summed E-state index contributed by atoms with van der Waals surface area (Å²) in [5.74, 6) is -0.569. The van der Waals surface area contributed by atoms with Gasteiger partial charge in [-0.2, -0.15) is 0 Å². The predicted molar refractivity (Wildman–Crippen MR) is 97.9 cm³/mol. The monoisotopic (exact) mass is 371 g/mol. The molecule has 150 valence electrons. The van der Waals surface area contributed by atoms with Crippen LogP contribution in [0.25, 0.3) is 0 Å². The SMILES string of the molecule is CCCCCCCOCCOCCOCCOCCN1C(=O)C=CC1=O. The maximum absolute atomic E-state index is 11.3. The first kappa shape index (κ1) is 22.8. The molecule has 1 aliphatic heterocycles. The molecule has 0 aliphatic carbocycles. The van der Waals surface area contributed by atoms with Crippen LogP contribution in [0.3, 0.4) is 0 Å². The first-order chi connectivity index (χ1) is 12.8. The molecule has 0 atom stereocenters. The van der Waals surface area contributed by atoms with Crippen LogP contribution in [0.2, 0.25) is 0 Å². The Morgan fingerprint density at radius 3 is 1.65 bits per heavy atom. The van der Waals surface area contributed by atoms with Crippen molar-refractivity contribution in [3.63, 3.8) is 0 Å². The molecule has 7 nitrogen and oxygen atoms in total. The molecule has 0 spiro atoms. The number of rotatable bonds is 18. The summed E-state index contributed by atoms with van der Waals surface area (Å²) in [6.45, 7) is 6.73. The van der Waals surface area contributed by atoms with Crippen LogP contribution in [0.1, 0.15) is 39.0 Å². The molecule has 1 aliphatic rings. The molecule has 2 amide bonds. The first-order valence-corrected chi connectivity index (χ1v) is 9.60. The molecule has 0 saturated heterocycles. The van der Waals surface area contributed by atoms with Gasteiger partial charge in [0.15, 0.2) is 0 Å². The van der Waals surface area contributed by atoms with Gasteiger partial charge in [0, 0.05) is 18.8 Å². The van der Waals surface area contributed by atoms with Gasteiger partial charge in [-0.3, -0.25) is 14.5 Å². The third-order valence-corrected chi connectivity index (χ3v) is 3.87. The summed E-state index contributed by atoms with van der Waals surface area (Å²) in [7, 11) is 0. The van der Waals surface area contributed by atoms with Crippen molar-refractivity contribution in [2.24, 2.45) is 0 Å². The molecular weight excluding hydrogens is 338 g/mol. The van der Waals surface area contributed by atoms with Gasteiger partial charge in [0.1, 0.15) is 0 Å². The fourth-order valence-electron chi connectivity index (χ4n) is 2.38. The van der Waals surface area contributed by atoms with E-state index in [0.29, 0.717) is 46.2 Å². The van der Waals surface area contributed by atoms with Crippen molar-refractivity contribution in [3.8, 4) is 0 Å². The largest absolute Gasteiger partial charge is 0.379 e. The molecule has 0 fully saturated rings. The Hall–Kier alpha value is -1.28. The Labute approximate surface area is 156 Å². The van der Waals surface area contributed by atoms with E-state index in [0.717, 1.165) is 17.9 Å². The minimum Gasteiger partial charge on any atom is -0.379 e. The van der Waals surface area contributed by atoms with Gasteiger partial charge in [-0.05, 0) is 6.42 Å². The maximum atomic E-state index is 11.3. The molecule has 0 bridgehead atoms. The summed E-state index contributed by atoms with van der Waals surface area (Å²) >= 11 is 0. The van der Waals surface area contributed by atoms with Gasteiger partial charge >= 0.3 is 0 Å². The highest BCUT2D eigenvalue weighted by Gasteiger charge is 2.22. The van der Waals surface area contributed by atoms with E-state index in [1.807, 2.05) is 0 Å². The number of carbonyl (C=O) groups excluding carboxylic acids is 2. The number of carbonyl (C=O) groups is 2. The van der Waals surface area contributed by atoms with E-state index in [1.165, 1.54) is 37.8 Å².